The van der Waals surface area contributed by atoms with E-state index in [4.69, 9.17) is 65.7 Å². The van der Waals surface area contributed by atoms with Crippen LogP contribution in [0.25, 0.3) is 0 Å². The van der Waals surface area contributed by atoms with Crippen molar-refractivity contribution < 1.29 is 103 Å². The fourth-order valence-corrected chi connectivity index (χ4v) is 31.3. The average Bonchev–Trinajstić information content (AvgIpc) is 1.61. The van der Waals surface area contributed by atoms with Gasteiger partial charge >= 0.3 is 0 Å². The quantitative estimate of drug-likeness (QED) is 0.0241. The monoisotopic (exact) mass is 2250 g/mol. The number of benzene rings is 2. The van der Waals surface area contributed by atoms with Crippen molar-refractivity contribution in [3.63, 3.8) is 0 Å². The molecule has 140 heavy (non-hydrogen) atoms. The molecule has 22 nitrogen and oxygen atoms in total. The molecule has 0 radical (unpaired) electrons. The molecule has 2 aromatic rings. The fourth-order valence-electron chi connectivity index (χ4n) is 23.7. The van der Waals surface area contributed by atoms with Crippen molar-refractivity contribution in [2.45, 2.75) is 480 Å². The Morgan fingerprint density at radius 1 is 0.479 bits per heavy atom. The number of carbonyl (C=O) groups excluding carboxylic acids is 1. The topological polar surface area (TPSA) is 275 Å². The number of methoxy groups -OCH3 is 2. The number of aldehydes is 1. The lowest BCUT2D eigenvalue weighted by Gasteiger charge is -2.51. The zero-order valence-corrected chi connectivity index (χ0v) is 96.7. The summed E-state index contributed by atoms with van der Waals surface area (Å²) in [5, 5.41) is 32.6. The molecular weight excluding hydrogens is 2070 g/mol. The molecule has 12 rings (SSSR count). The van der Waals surface area contributed by atoms with Crippen molar-refractivity contribution >= 4 is 87.8 Å². The minimum atomic E-state index is -4.18. The number of rotatable bonds is 44. The number of halogens is 2. The lowest BCUT2D eigenvalue weighted by atomic mass is 9.77. The molecule has 10 saturated heterocycles. The van der Waals surface area contributed by atoms with Crippen LogP contribution in [0, 0.1) is 59.2 Å². The molecule has 0 aliphatic carbocycles. The molecule has 10 aliphatic heterocycles. The maximum absolute atomic E-state index is 15.4. The van der Waals surface area contributed by atoms with Gasteiger partial charge in [-0.25, -0.2) is 16.8 Å². The van der Waals surface area contributed by atoms with E-state index in [1.165, 1.54) is 0 Å². The van der Waals surface area contributed by atoms with Crippen LogP contribution in [0.2, 0.25) is 36.3 Å². The van der Waals surface area contributed by atoms with Gasteiger partial charge in [0.1, 0.15) is 6.29 Å². The molecule has 28 heteroatoms. The van der Waals surface area contributed by atoms with E-state index < -0.39 is 126 Å². The third-order valence-corrected chi connectivity index (χ3v) is 49.3. The Kier molecular flexibility index (Phi) is 43.9. The van der Waals surface area contributed by atoms with E-state index in [0.29, 0.717) is 69.6 Å². The number of sulfone groups is 2. The van der Waals surface area contributed by atoms with Crippen LogP contribution < -0.4 is 0 Å². The van der Waals surface area contributed by atoms with Crippen LogP contribution in [0.1, 0.15) is 265 Å². The van der Waals surface area contributed by atoms with Crippen molar-refractivity contribution in [3.05, 3.63) is 130 Å². The highest BCUT2D eigenvalue weighted by atomic mass is 127. The summed E-state index contributed by atoms with van der Waals surface area (Å²) in [4.78, 5) is 11.4. The second-order valence-corrected chi connectivity index (χ2v) is 61.9. The zero-order valence-electron chi connectivity index (χ0n) is 88.8. The minimum Gasteiger partial charge on any atom is -0.408 e. The number of hydrogen-bond donors (Lipinski definition) is 3. The summed E-state index contributed by atoms with van der Waals surface area (Å²) in [6.45, 7) is 62.6. The van der Waals surface area contributed by atoms with Crippen molar-refractivity contribution in [3.8, 4) is 0 Å². The normalized spacial score (nSPS) is 36.2. The van der Waals surface area contributed by atoms with E-state index >= 15 is 16.8 Å². The molecule has 10 fully saturated rings. The maximum atomic E-state index is 15.4. The van der Waals surface area contributed by atoms with Gasteiger partial charge < -0.3 is 85.8 Å². The summed E-state index contributed by atoms with van der Waals surface area (Å²) in [5.74, 6) is -0.0551. The van der Waals surface area contributed by atoms with Gasteiger partial charge in [0.2, 0.25) is 0 Å². The summed E-state index contributed by atoms with van der Waals surface area (Å²) in [7, 11) is -9.32. The summed E-state index contributed by atoms with van der Waals surface area (Å²) >= 11 is 4.55. The molecule has 0 aromatic heterocycles. The Balaban J connectivity index is 0.000000268. The Labute approximate surface area is 873 Å². The lowest BCUT2D eigenvalue weighted by molar-refractivity contribution is -0.240. The van der Waals surface area contributed by atoms with Crippen molar-refractivity contribution in [1.82, 2.24) is 0 Å². The van der Waals surface area contributed by atoms with E-state index in [0.717, 1.165) is 112 Å². The van der Waals surface area contributed by atoms with Crippen LogP contribution in [-0.4, -0.2) is 245 Å². The molecule has 0 saturated carbocycles. The second kappa shape index (κ2) is 52.1. The van der Waals surface area contributed by atoms with E-state index in [1.807, 2.05) is 20.3 Å². The third-order valence-electron chi connectivity index (χ3n) is 35.0. The lowest BCUT2D eigenvalue weighted by Crippen LogP contribution is -2.59. The number of fused-ring (bicyclic) bond motifs is 2. The van der Waals surface area contributed by atoms with Gasteiger partial charge in [0, 0.05) is 64.8 Å². The maximum Gasteiger partial charge on any atom is 0.193 e. The number of carbonyl (C=O) groups is 1. The van der Waals surface area contributed by atoms with E-state index in [2.05, 4.69) is 221 Å². The third kappa shape index (κ3) is 28.9. The Bertz CT molecular complexity index is 4550. The first-order valence-electron chi connectivity index (χ1n) is 53.3. The molecule has 10 aliphatic rings. The SMILES string of the molecule is C=C1C[C@H](CCC=O)OC1CC[C@H]1C[C@@H](C)C(=C)C(C[C@@H]2O[C@H](C[C@H](C)CC)[C@H](OC)[C@H]2C(C(O)CC2CCC3O[C@@H]([C@H](/C=C/I)O[Si](C)(C)C(C)(C)C)[C@@H](C)[C@@H](C)C3O2)S(=O)(=O)c2ccccc2)O1.C=C1C[C@H](CCCO)OC1CC[C@H]1C[C@@H](C)C(=C)C(C[C@@H]2O[C@H](C[C@H](C)CC)[C@H](OC)[C@H]2C(C(O)CC2CCC3O[C@@H]([C@H](/C=C/I)O[Si](C)(C)C(C)(C)C)[C@@H](C)[C@@H](C)C3O2)S(=O)(=O)c2ccccc2)O1. The zero-order chi connectivity index (χ0) is 103. The number of aliphatic hydroxyl groups excluding tert-OH is 3. The largest absolute Gasteiger partial charge is 0.408 e. The van der Waals surface area contributed by atoms with Crippen LogP contribution in [-0.2, 0) is 90.2 Å². The first kappa shape index (κ1) is 118. The molecule has 794 valence electrons. The van der Waals surface area contributed by atoms with Gasteiger partial charge in [0.15, 0.2) is 36.3 Å². The van der Waals surface area contributed by atoms with Crippen molar-refractivity contribution in [2.24, 2.45) is 59.2 Å². The highest BCUT2D eigenvalue weighted by molar-refractivity contribution is 14.1. The van der Waals surface area contributed by atoms with Gasteiger partial charge in [-0.1, -0.05) is 232 Å². The molecule has 0 spiro atoms. The molecule has 14 unspecified atom stereocenters. The molecule has 0 amide bonds. The van der Waals surface area contributed by atoms with Gasteiger partial charge in [-0.2, -0.15) is 0 Å². The Morgan fingerprint density at radius 3 is 1.19 bits per heavy atom. The second-order valence-electron chi connectivity index (χ2n) is 46.7. The van der Waals surface area contributed by atoms with E-state index in [-0.39, 0.29) is 166 Å². The summed E-state index contributed by atoms with van der Waals surface area (Å²) < 4.78 is 161. The van der Waals surface area contributed by atoms with Crippen LogP contribution in [0.15, 0.2) is 139 Å². The first-order valence-corrected chi connectivity index (χ1v) is 64.7. The molecule has 3 N–H and O–H groups in total. The van der Waals surface area contributed by atoms with E-state index in [9.17, 15) is 20.1 Å². The average molecular weight is 2250 g/mol. The molecule has 0 bridgehead atoms. The van der Waals surface area contributed by atoms with Crippen molar-refractivity contribution in [1.29, 1.82) is 0 Å². The molecule has 38 atom stereocenters. The smallest absolute Gasteiger partial charge is 0.193 e. The van der Waals surface area contributed by atoms with Gasteiger partial charge in [0.25, 0.3) is 0 Å². The molecule has 2 aromatic carbocycles. The fraction of sp³-hybridized carbons (Fsp3) is 0.777. The van der Waals surface area contributed by atoms with Crippen LogP contribution >= 0.6 is 45.2 Å². The molecular formula is C112H180I2O22S2Si2. The standard InChI is InChI=1S/C56H91IO11SSi.C56H89IO11SSi/c2*1-14-34(2)29-50-54(62-11)51(49(66-50)33-48-37(5)35(3)30-41(64-48)22-24-45-36(4)31-40(63-45)19-18-28-58)55(69(60,61)43-20-16-15-17-21-43)44(59)32-42-23-25-46-52(65-42)38(6)39(7)53(67-46)47(26-27-57)68-70(12,13)56(8,9)10/h15-17,20-21,26-27,34-35,38-42,44-55,58-59H,4-5,14,18-19,22-25,28-33H2,1-3,6-13H3;15-17,20-21,26-28,34-35,38-42,44-55,59H,4-5,14,18-19,22-25,29-33H2,1-3,6-13H3/b2*27-26+/t2*34-,35-,38-,39+,40+,41+,42?,44?,45?,46?,47+,48?,49+,50-,51+,52?,53-,54+,55?/m11/s1. The number of aliphatic hydroxyl groups is 3. The number of hydrogen-bond acceptors (Lipinski definition) is 22. The molecule has 10 heterocycles. The first-order chi connectivity index (χ1) is 66.1. The predicted molar refractivity (Wildman–Crippen MR) is 578 cm³/mol. The van der Waals surface area contributed by atoms with Crippen LogP contribution in [0.5, 0.6) is 0 Å². The van der Waals surface area contributed by atoms with E-state index in [1.54, 1.807) is 62.8 Å². The van der Waals surface area contributed by atoms with Crippen molar-refractivity contribution in [2.75, 3.05) is 20.8 Å². The highest BCUT2D eigenvalue weighted by Crippen LogP contribution is 2.53. The summed E-state index contributed by atoms with van der Waals surface area (Å²) in [6, 6.07) is 17.1. The predicted octanol–water partition coefficient (Wildman–Crippen LogP) is 22.9. The Hall–Kier alpha value is -2.34. The van der Waals surface area contributed by atoms with Gasteiger partial charge in [0.05, 0.1) is 179 Å². The van der Waals surface area contributed by atoms with Gasteiger partial charge in [-0.05, 0) is 260 Å². The summed E-state index contributed by atoms with van der Waals surface area (Å²) in [5.41, 5.74) is 4.10. The summed E-state index contributed by atoms with van der Waals surface area (Å²) in [6.07, 6.45) is 12.2. The number of ether oxygens (including phenoxy) is 12. The van der Waals surface area contributed by atoms with Gasteiger partial charge in [-0.15, -0.1) is 0 Å². The highest BCUT2D eigenvalue weighted by Gasteiger charge is 2.61. The minimum absolute atomic E-state index is 0.0161. The van der Waals surface area contributed by atoms with Crippen LogP contribution in [0.3, 0.4) is 0 Å². The Morgan fingerprint density at radius 2 is 0.850 bits per heavy atom. The van der Waals surface area contributed by atoms with Crippen LogP contribution in [0.4, 0.5) is 0 Å². The van der Waals surface area contributed by atoms with Gasteiger partial charge in [-0.3, -0.25) is 0 Å².